The molecule has 3 N–H and O–H groups in total. The van der Waals surface area contributed by atoms with Crippen molar-refractivity contribution in [2.24, 2.45) is 14.5 Å². The highest BCUT2D eigenvalue weighted by Crippen LogP contribution is 2.38. The van der Waals surface area contributed by atoms with Crippen LogP contribution in [0.15, 0.2) is 50.6 Å². The van der Waals surface area contributed by atoms with Gasteiger partial charge in [-0.1, -0.05) is 6.08 Å². The van der Waals surface area contributed by atoms with Crippen LogP contribution in [0.25, 0.3) is 5.57 Å². The van der Waals surface area contributed by atoms with Crippen molar-refractivity contribution >= 4 is 33.9 Å². The average molecular weight is 487 g/mol. The van der Waals surface area contributed by atoms with E-state index in [0.717, 1.165) is 17.6 Å². The van der Waals surface area contributed by atoms with Crippen LogP contribution >= 0.6 is 0 Å². The maximum absolute atomic E-state index is 13.2. The molecular weight excluding hydrogens is 460 g/mol. The van der Waals surface area contributed by atoms with Gasteiger partial charge in [-0.25, -0.2) is 23.8 Å². The molecule has 1 aromatic carbocycles. The monoisotopic (exact) mass is 486 g/mol. The van der Waals surface area contributed by atoms with Crippen LogP contribution in [-0.2, 0) is 27.6 Å². The fraction of sp³-hybridized carbons (Fsp3) is 0.318. The highest BCUT2D eigenvalue weighted by molar-refractivity contribution is 7.91. The normalized spacial score (nSPS) is 16.9. The van der Waals surface area contributed by atoms with E-state index in [0.29, 0.717) is 49.1 Å². The molecule has 2 aromatic rings. The van der Waals surface area contributed by atoms with Gasteiger partial charge in [0.05, 0.1) is 32.2 Å². The highest BCUT2D eigenvalue weighted by atomic mass is 32.2. The highest BCUT2D eigenvalue weighted by Gasteiger charge is 2.26. The third-order valence-corrected chi connectivity index (χ3v) is 6.77. The fourth-order valence-electron chi connectivity index (χ4n) is 3.83. The van der Waals surface area contributed by atoms with Gasteiger partial charge in [-0.3, -0.25) is 0 Å². The molecule has 0 radical (unpaired) electrons. The number of carbonyl (C=O) groups is 1. The van der Waals surface area contributed by atoms with Crippen molar-refractivity contribution in [3.05, 3.63) is 47.5 Å². The Morgan fingerprint density at radius 2 is 2.21 bits per heavy atom. The molecule has 34 heavy (non-hydrogen) atoms. The molecule has 1 atom stereocenters. The zero-order valence-corrected chi connectivity index (χ0v) is 19.8. The zero-order chi connectivity index (χ0) is 24.3. The van der Waals surface area contributed by atoms with E-state index in [4.69, 9.17) is 19.3 Å². The first-order valence-electron chi connectivity index (χ1n) is 10.6. The van der Waals surface area contributed by atoms with Gasteiger partial charge in [-0.2, -0.15) is 5.10 Å². The van der Waals surface area contributed by atoms with E-state index in [9.17, 15) is 9.00 Å². The number of urea groups is 1. The molecule has 2 aliphatic heterocycles. The minimum absolute atomic E-state index is 0.0862. The number of nitrogens with one attached hydrogen (secondary N) is 1. The van der Waals surface area contributed by atoms with Crippen LogP contribution in [0.5, 0.6) is 11.6 Å². The lowest BCUT2D eigenvalue weighted by Gasteiger charge is -2.16. The molecule has 2 aliphatic rings. The lowest BCUT2D eigenvalue weighted by molar-refractivity contribution is 0.224. The number of rotatable bonds is 6. The Morgan fingerprint density at radius 1 is 1.38 bits per heavy atom. The van der Waals surface area contributed by atoms with Gasteiger partial charge in [0.2, 0.25) is 11.8 Å². The van der Waals surface area contributed by atoms with Crippen molar-refractivity contribution in [1.82, 2.24) is 9.78 Å². The smallest absolute Gasteiger partial charge is 0.354 e. The summed E-state index contributed by atoms with van der Waals surface area (Å²) in [6, 6.07) is 2.78. The van der Waals surface area contributed by atoms with Crippen LogP contribution in [0.1, 0.15) is 24.5 Å². The van der Waals surface area contributed by atoms with Crippen LogP contribution in [0.4, 0.5) is 10.5 Å². The molecule has 1 unspecified atom stereocenters. The number of anilines is 1. The van der Waals surface area contributed by atoms with Crippen molar-refractivity contribution in [2.75, 3.05) is 25.6 Å². The predicted octanol–water partition coefficient (Wildman–Crippen LogP) is 3.12. The number of allylic oxidation sites excluding steroid dienone is 3. The van der Waals surface area contributed by atoms with Crippen LogP contribution in [-0.4, -0.2) is 47.1 Å². The molecule has 3 heterocycles. The number of fused-ring (bicyclic) bond motifs is 2. The first kappa shape index (κ1) is 23.5. The van der Waals surface area contributed by atoms with Crippen LogP contribution < -0.4 is 19.9 Å². The number of hydrogen-bond acceptors (Lipinski definition) is 7. The number of benzene rings is 1. The summed E-state index contributed by atoms with van der Waals surface area (Å²) in [5, 5.41) is 12.9. The quantitative estimate of drug-likeness (QED) is 0.365. The number of aliphatic imine (C=N–C) groups is 1. The molecule has 0 bridgehead atoms. The van der Waals surface area contributed by atoms with E-state index in [1.165, 1.54) is 13.3 Å². The van der Waals surface area contributed by atoms with Crippen LogP contribution in [0, 0.1) is 0 Å². The van der Waals surface area contributed by atoms with Gasteiger partial charge < -0.3 is 19.5 Å². The summed E-state index contributed by atoms with van der Waals surface area (Å²) in [5.74, 6) is 1.23. The van der Waals surface area contributed by atoms with E-state index in [-0.39, 0.29) is 10.8 Å². The molecule has 1 aromatic heterocycles. The van der Waals surface area contributed by atoms with Gasteiger partial charge in [0.1, 0.15) is 10.6 Å². The topological polar surface area (TPSA) is 142 Å². The Balaban J connectivity index is 1.72. The van der Waals surface area contributed by atoms with Crippen molar-refractivity contribution in [1.29, 1.82) is 0 Å². The first-order valence-corrected chi connectivity index (χ1v) is 12.2. The average Bonchev–Trinajstić information content (AvgIpc) is 3.48. The number of aryl methyl sites for hydroxylation is 1. The molecule has 0 saturated heterocycles. The Kier molecular flexibility index (Phi) is 6.70. The van der Waals surface area contributed by atoms with Crippen LogP contribution in [0.2, 0.25) is 0 Å². The number of ether oxygens (including phenoxy) is 3. The Labute approximate surface area is 197 Å². The number of nitrogens with zero attached hydrogens (tertiary/aromatic N) is 4. The third kappa shape index (κ3) is 4.54. The standard InChI is InChI=1S/C22H26N6O5S/c1-4-14(12-19(24-2)31-3)15-6-7-17-16(8-11-32-17)20(15)26-22(29)27-34(23,30)18-13-25-28-9-5-10-33-21(18)28/h4,6-7,12-13H,2,5,8-11H2,1,3H3,(H3,23,26,27,29,30)/b14-4+,19-12+. The SMILES string of the molecule is C=N/C(=C\C(=C/C)c1ccc2c(c1NC(=O)N=S(N)(=O)c1cnn3c1OCCC3)CCO2)OC. The number of aromatic nitrogens is 2. The molecule has 11 nitrogen and oxygen atoms in total. The summed E-state index contributed by atoms with van der Waals surface area (Å²) < 4.78 is 35.0. The number of hydrogen-bond donors (Lipinski definition) is 2. The van der Waals surface area contributed by atoms with Gasteiger partial charge in [-0.05, 0) is 31.3 Å². The maximum Gasteiger partial charge on any atom is 0.354 e. The van der Waals surface area contributed by atoms with E-state index in [1.807, 2.05) is 25.1 Å². The molecule has 4 rings (SSSR count). The Hall–Kier alpha value is -3.64. The van der Waals surface area contributed by atoms with Gasteiger partial charge in [0.25, 0.3) is 0 Å². The molecule has 0 aliphatic carbocycles. The van der Waals surface area contributed by atoms with E-state index < -0.39 is 15.9 Å². The second kappa shape index (κ2) is 9.69. The van der Waals surface area contributed by atoms with Crippen molar-refractivity contribution < 1.29 is 23.2 Å². The van der Waals surface area contributed by atoms with Crippen molar-refractivity contribution in [2.45, 2.75) is 31.2 Å². The molecule has 0 saturated carbocycles. The zero-order valence-electron chi connectivity index (χ0n) is 18.9. The summed E-state index contributed by atoms with van der Waals surface area (Å²) in [6.07, 6.45) is 6.22. The second-order valence-electron chi connectivity index (χ2n) is 7.48. The number of methoxy groups -OCH3 is 1. The lowest BCUT2D eigenvalue weighted by Crippen LogP contribution is -2.21. The number of nitrogens with two attached hydrogens (primary N) is 1. The van der Waals surface area contributed by atoms with Gasteiger partial charge in [-0.15, -0.1) is 4.36 Å². The van der Waals surface area contributed by atoms with E-state index in [2.05, 4.69) is 26.5 Å². The summed E-state index contributed by atoms with van der Waals surface area (Å²) in [7, 11) is -2.11. The predicted molar refractivity (Wildman–Crippen MR) is 128 cm³/mol. The van der Waals surface area contributed by atoms with Crippen LogP contribution in [0.3, 0.4) is 0 Å². The lowest BCUT2D eigenvalue weighted by atomic mass is 9.98. The minimum Gasteiger partial charge on any atom is -0.493 e. The molecule has 0 fully saturated rings. The number of amides is 2. The Bertz CT molecular complexity index is 1320. The van der Waals surface area contributed by atoms with Gasteiger partial charge in [0.15, 0.2) is 9.92 Å². The number of carbonyl (C=O) groups excluding carboxylic acids is 1. The van der Waals surface area contributed by atoms with Crippen molar-refractivity contribution in [3.63, 3.8) is 0 Å². The first-order chi connectivity index (χ1) is 16.4. The van der Waals surface area contributed by atoms with Crippen molar-refractivity contribution in [3.8, 4) is 11.6 Å². The molecule has 12 heteroatoms. The molecule has 180 valence electrons. The molecule has 2 amide bonds. The summed E-state index contributed by atoms with van der Waals surface area (Å²) in [5.41, 5.74) is 2.69. The maximum atomic E-state index is 13.2. The Morgan fingerprint density at radius 3 is 2.94 bits per heavy atom. The van der Waals surface area contributed by atoms with Gasteiger partial charge >= 0.3 is 6.03 Å². The summed E-state index contributed by atoms with van der Waals surface area (Å²) in [4.78, 5) is 16.9. The van der Waals surface area contributed by atoms with Gasteiger partial charge in [0, 0.05) is 36.6 Å². The minimum atomic E-state index is -3.60. The third-order valence-electron chi connectivity index (χ3n) is 5.42. The second-order valence-corrected chi connectivity index (χ2v) is 9.24. The molecular formula is C22H26N6O5S. The summed E-state index contributed by atoms with van der Waals surface area (Å²) in [6.45, 7) is 6.88. The fourth-order valence-corrected chi connectivity index (χ4v) is 4.83. The molecule has 0 spiro atoms. The van der Waals surface area contributed by atoms with E-state index >= 15 is 0 Å². The largest absolute Gasteiger partial charge is 0.493 e. The van der Waals surface area contributed by atoms with E-state index in [1.54, 1.807) is 10.8 Å². The summed E-state index contributed by atoms with van der Waals surface area (Å²) >= 11 is 0.